The lowest BCUT2D eigenvalue weighted by Crippen LogP contribution is -2.22. The van der Waals surface area contributed by atoms with E-state index in [-0.39, 0.29) is 0 Å². The molecule has 0 heterocycles. The van der Waals surface area contributed by atoms with Gasteiger partial charge in [-0.2, -0.15) is 11.8 Å². The molecule has 1 unspecified atom stereocenters. The Morgan fingerprint density at radius 3 is 2.65 bits per heavy atom. The summed E-state index contributed by atoms with van der Waals surface area (Å²) in [4.78, 5) is 0. The minimum atomic E-state index is 0.693. The monoisotopic (exact) mass is 253 g/mol. The fraction of sp³-hybridized carbons (Fsp3) is 0.571. The molecule has 0 aliphatic carbocycles. The van der Waals surface area contributed by atoms with Crippen LogP contribution in [-0.4, -0.2) is 25.7 Å². The van der Waals surface area contributed by atoms with Gasteiger partial charge in [-0.3, -0.25) is 0 Å². The van der Waals surface area contributed by atoms with E-state index in [2.05, 4.69) is 42.8 Å². The van der Waals surface area contributed by atoms with E-state index in [1.165, 1.54) is 16.9 Å². The molecular formula is C14H23NOS. The van der Waals surface area contributed by atoms with Gasteiger partial charge in [0.2, 0.25) is 0 Å². The van der Waals surface area contributed by atoms with Gasteiger partial charge in [-0.25, -0.2) is 0 Å². The van der Waals surface area contributed by atoms with Crippen molar-refractivity contribution in [2.75, 3.05) is 25.7 Å². The van der Waals surface area contributed by atoms with Crippen LogP contribution in [0.1, 0.15) is 18.1 Å². The minimum Gasteiger partial charge on any atom is -0.380 e. The highest BCUT2D eigenvalue weighted by Crippen LogP contribution is 2.10. The SMILES string of the molecule is COCc1ccccc1CNCC(C)CSC. The zero-order valence-electron chi connectivity index (χ0n) is 11.0. The largest absolute Gasteiger partial charge is 0.380 e. The Labute approximate surface area is 109 Å². The van der Waals surface area contributed by atoms with E-state index < -0.39 is 0 Å². The van der Waals surface area contributed by atoms with E-state index in [1.54, 1.807) is 7.11 Å². The molecule has 1 N–H and O–H groups in total. The predicted molar refractivity (Wildman–Crippen MR) is 76.4 cm³/mol. The van der Waals surface area contributed by atoms with E-state index >= 15 is 0 Å². The molecule has 1 aromatic carbocycles. The molecule has 0 saturated heterocycles. The van der Waals surface area contributed by atoms with E-state index in [0.29, 0.717) is 6.61 Å². The molecule has 0 saturated carbocycles. The van der Waals surface area contributed by atoms with Crippen LogP contribution in [0.5, 0.6) is 0 Å². The van der Waals surface area contributed by atoms with Crippen molar-refractivity contribution in [1.82, 2.24) is 5.32 Å². The Morgan fingerprint density at radius 2 is 2.00 bits per heavy atom. The molecule has 2 nitrogen and oxygen atoms in total. The first-order valence-electron chi connectivity index (χ1n) is 6.03. The fourth-order valence-electron chi connectivity index (χ4n) is 1.82. The molecule has 1 rings (SSSR count). The van der Waals surface area contributed by atoms with Crippen molar-refractivity contribution in [1.29, 1.82) is 0 Å². The summed E-state index contributed by atoms with van der Waals surface area (Å²) >= 11 is 1.91. The maximum Gasteiger partial charge on any atom is 0.0716 e. The third-order valence-electron chi connectivity index (χ3n) is 2.68. The van der Waals surface area contributed by atoms with Gasteiger partial charge in [0.25, 0.3) is 0 Å². The number of ether oxygens (including phenoxy) is 1. The molecule has 0 aromatic heterocycles. The van der Waals surface area contributed by atoms with Crippen LogP contribution < -0.4 is 5.32 Å². The fourth-order valence-corrected chi connectivity index (χ4v) is 2.51. The third kappa shape index (κ3) is 5.57. The summed E-state index contributed by atoms with van der Waals surface area (Å²) in [5, 5.41) is 3.52. The number of methoxy groups -OCH3 is 1. The summed E-state index contributed by atoms with van der Waals surface area (Å²) in [6.07, 6.45) is 2.16. The summed E-state index contributed by atoms with van der Waals surface area (Å²) in [5.74, 6) is 1.94. The molecule has 0 aliphatic rings. The summed E-state index contributed by atoms with van der Waals surface area (Å²) in [6, 6.07) is 8.45. The van der Waals surface area contributed by atoms with E-state index in [1.807, 2.05) is 11.8 Å². The smallest absolute Gasteiger partial charge is 0.0716 e. The second-order valence-corrected chi connectivity index (χ2v) is 5.30. The van der Waals surface area contributed by atoms with Crippen molar-refractivity contribution >= 4 is 11.8 Å². The second-order valence-electron chi connectivity index (χ2n) is 4.39. The molecule has 0 spiro atoms. The number of thioether (sulfide) groups is 1. The molecule has 0 amide bonds. The number of hydrogen-bond donors (Lipinski definition) is 1. The highest BCUT2D eigenvalue weighted by atomic mass is 32.2. The van der Waals surface area contributed by atoms with Crippen LogP contribution in [0.4, 0.5) is 0 Å². The zero-order chi connectivity index (χ0) is 12.5. The van der Waals surface area contributed by atoms with Crippen LogP contribution in [0.3, 0.4) is 0 Å². The predicted octanol–water partition coefficient (Wildman–Crippen LogP) is 2.92. The molecular weight excluding hydrogens is 230 g/mol. The summed E-state index contributed by atoms with van der Waals surface area (Å²) in [6.45, 7) is 4.98. The zero-order valence-corrected chi connectivity index (χ0v) is 11.8. The summed E-state index contributed by atoms with van der Waals surface area (Å²) in [7, 11) is 1.74. The first-order valence-corrected chi connectivity index (χ1v) is 7.42. The van der Waals surface area contributed by atoms with Gasteiger partial charge in [-0.05, 0) is 35.6 Å². The molecule has 0 fully saturated rings. The van der Waals surface area contributed by atoms with Gasteiger partial charge in [0.15, 0.2) is 0 Å². The lowest BCUT2D eigenvalue weighted by Gasteiger charge is -2.13. The first-order chi connectivity index (χ1) is 8.27. The number of benzene rings is 1. The molecule has 96 valence electrons. The van der Waals surface area contributed by atoms with E-state index in [4.69, 9.17) is 4.74 Å². The second kappa shape index (κ2) is 8.56. The van der Waals surface area contributed by atoms with Gasteiger partial charge in [0.1, 0.15) is 0 Å². The van der Waals surface area contributed by atoms with Crippen LogP contribution in [-0.2, 0) is 17.9 Å². The topological polar surface area (TPSA) is 21.3 Å². The minimum absolute atomic E-state index is 0.693. The molecule has 0 bridgehead atoms. The van der Waals surface area contributed by atoms with Gasteiger partial charge in [0, 0.05) is 13.7 Å². The highest BCUT2D eigenvalue weighted by molar-refractivity contribution is 7.98. The lowest BCUT2D eigenvalue weighted by atomic mass is 10.1. The molecule has 1 atom stereocenters. The number of rotatable bonds is 8. The normalized spacial score (nSPS) is 12.6. The Bertz CT molecular complexity index is 317. The quantitative estimate of drug-likeness (QED) is 0.769. The third-order valence-corrected chi connectivity index (χ3v) is 3.58. The Morgan fingerprint density at radius 1 is 1.29 bits per heavy atom. The van der Waals surface area contributed by atoms with Crippen molar-refractivity contribution in [3.8, 4) is 0 Å². The van der Waals surface area contributed by atoms with Crippen LogP contribution in [0.25, 0.3) is 0 Å². The average Bonchev–Trinajstić information content (AvgIpc) is 2.32. The van der Waals surface area contributed by atoms with E-state index in [9.17, 15) is 0 Å². The first kappa shape index (κ1) is 14.6. The average molecular weight is 253 g/mol. The summed E-state index contributed by atoms with van der Waals surface area (Å²) in [5.41, 5.74) is 2.62. The van der Waals surface area contributed by atoms with Gasteiger partial charge in [-0.1, -0.05) is 31.2 Å². The molecule has 1 aromatic rings. The van der Waals surface area contributed by atoms with Crippen molar-refractivity contribution in [3.05, 3.63) is 35.4 Å². The van der Waals surface area contributed by atoms with Crippen molar-refractivity contribution in [3.63, 3.8) is 0 Å². The Kier molecular flexibility index (Phi) is 7.33. The van der Waals surface area contributed by atoms with Crippen molar-refractivity contribution < 1.29 is 4.74 Å². The van der Waals surface area contributed by atoms with Crippen LogP contribution >= 0.6 is 11.8 Å². The maximum absolute atomic E-state index is 5.20. The van der Waals surface area contributed by atoms with Crippen LogP contribution in [0.2, 0.25) is 0 Å². The molecule has 17 heavy (non-hydrogen) atoms. The lowest BCUT2D eigenvalue weighted by molar-refractivity contribution is 0.184. The maximum atomic E-state index is 5.20. The van der Waals surface area contributed by atoms with Gasteiger partial charge < -0.3 is 10.1 Å². The molecule has 0 radical (unpaired) electrons. The van der Waals surface area contributed by atoms with Crippen LogP contribution in [0, 0.1) is 5.92 Å². The highest BCUT2D eigenvalue weighted by Gasteiger charge is 2.03. The number of nitrogens with one attached hydrogen (secondary N) is 1. The van der Waals surface area contributed by atoms with Crippen molar-refractivity contribution in [2.24, 2.45) is 5.92 Å². The summed E-state index contributed by atoms with van der Waals surface area (Å²) < 4.78 is 5.20. The van der Waals surface area contributed by atoms with Gasteiger partial charge in [0.05, 0.1) is 6.61 Å². The van der Waals surface area contributed by atoms with Crippen molar-refractivity contribution in [2.45, 2.75) is 20.1 Å². The Balaban J connectivity index is 2.40. The number of hydrogen-bond acceptors (Lipinski definition) is 3. The van der Waals surface area contributed by atoms with Gasteiger partial charge in [-0.15, -0.1) is 0 Å². The standard InChI is InChI=1S/C14H23NOS/c1-12(11-17-3)8-15-9-13-6-4-5-7-14(13)10-16-2/h4-7,12,15H,8-11H2,1-3H3. The molecule has 0 aliphatic heterocycles. The van der Waals surface area contributed by atoms with E-state index in [0.717, 1.165) is 19.0 Å². The Hall–Kier alpha value is -0.510. The van der Waals surface area contributed by atoms with Gasteiger partial charge >= 0.3 is 0 Å². The van der Waals surface area contributed by atoms with Crippen LogP contribution in [0.15, 0.2) is 24.3 Å². The molecule has 3 heteroatoms.